The molecule has 1 aliphatic heterocycles. The van der Waals surface area contributed by atoms with Crippen molar-refractivity contribution in [1.29, 1.82) is 0 Å². The third-order valence-corrected chi connectivity index (χ3v) is 8.54. The highest BCUT2D eigenvalue weighted by molar-refractivity contribution is 5.87. The zero-order valence-corrected chi connectivity index (χ0v) is 25.9. The number of ether oxygens (including phenoxy) is 3. The summed E-state index contributed by atoms with van der Waals surface area (Å²) in [7, 11) is 1.65. The standard InChI is InChI=1S/C38H48O5/c1-4-5-6-7-29-10-14-32(15-11-29)33-18-20-34(21-19-33)36-22-23-37(42-27-36)35-16-12-30(13-17-35)8-9-31(25-41-3)26-43-38(40)28(2)24-39/h10-21,31,36-37,39H,2,4-9,22-27H2,1,3H3. The summed E-state index contributed by atoms with van der Waals surface area (Å²) in [4.78, 5) is 11.8. The molecule has 0 aliphatic carbocycles. The lowest BCUT2D eigenvalue weighted by Gasteiger charge is -2.30. The maximum absolute atomic E-state index is 11.8. The predicted molar refractivity (Wildman–Crippen MR) is 173 cm³/mol. The number of unbranched alkanes of at least 4 members (excludes halogenated alkanes) is 2. The van der Waals surface area contributed by atoms with E-state index in [9.17, 15) is 4.79 Å². The van der Waals surface area contributed by atoms with Crippen molar-refractivity contribution in [2.75, 3.05) is 33.5 Å². The molecule has 3 aromatic carbocycles. The van der Waals surface area contributed by atoms with Gasteiger partial charge in [0.05, 0.1) is 38.1 Å². The topological polar surface area (TPSA) is 65.0 Å². The molecule has 0 bridgehead atoms. The number of hydrogen-bond acceptors (Lipinski definition) is 5. The van der Waals surface area contributed by atoms with Crippen molar-refractivity contribution in [1.82, 2.24) is 0 Å². The average Bonchev–Trinajstić information content (AvgIpc) is 3.06. The molecule has 5 nitrogen and oxygen atoms in total. The van der Waals surface area contributed by atoms with Crippen LogP contribution >= 0.6 is 0 Å². The van der Waals surface area contributed by atoms with Gasteiger partial charge in [-0.05, 0) is 71.9 Å². The lowest BCUT2D eigenvalue weighted by Crippen LogP contribution is -2.20. The maximum Gasteiger partial charge on any atom is 0.335 e. The zero-order chi connectivity index (χ0) is 30.4. The van der Waals surface area contributed by atoms with E-state index < -0.39 is 12.6 Å². The minimum atomic E-state index is -0.557. The molecule has 4 rings (SSSR count). The first-order valence-electron chi connectivity index (χ1n) is 15.8. The SMILES string of the molecule is C=C(CO)C(=O)OCC(CCc1ccc(C2CCC(c3ccc(-c4ccc(CCCCC)cc4)cc3)CO2)cc1)COC. The third kappa shape index (κ3) is 9.89. The fraction of sp³-hybridized carbons (Fsp3) is 0.447. The summed E-state index contributed by atoms with van der Waals surface area (Å²) in [5.41, 5.74) is 7.84. The molecule has 0 aromatic heterocycles. The Balaban J connectivity index is 1.23. The third-order valence-electron chi connectivity index (χ3n) is 8.54. The molecule has 0 radical (unpaired) electrons. The molecule has 3 unspecified atom stereocenters. The van der Waals surface area contributed by atoms with Crippen molar-refractivity contribution in [3.05, 3.63) is 107 Å². The van der Waals surface area contributed by atoms with E-state index in [2.05, 4.69) is 86.3 Å². The first-order chi connectivity index (χ1) is 21.0. The summed E-state index contributed by atoms with van der Waals surface area (Å²) >= 11 is 0. The molecule has 3 atom stereocenters. The van der Waals surface area contributed by atoms with E-state index in [4.69, 9.17) is 19.3 Å². The molecule has 230 valence electrons. The van der Waals surface area contributed by atoms with Crippen LogP contribution in [0.4, 0.5) is 0 Å². The Morgan fingerprint density at radius 3 is 2.12 bits per heavy atom. The monoisotopic (exact) mass is 584 g/mol. The average molecular weight is 585 g/mol. The molecule has 0 amide bonds. The molecule has 1 aliphatic rings. The minimum absolute atomic E-state index is 0.0651. The Morgan fingerprint density at radius 2 is 1.51 bits per heavy atom. The van der Waals surface area contributed by atoms with Crippen LogP contribution in [0.5, 0.6) is 0 Å². The number of carbonyl (C=O) groups is 1. The van der Waals surface area contributed by atoms with Crippen LogP contribution in [-0.2, 0) is 31.8 Å². The van der Waals surface area contributed by atoms with E-state index in [1.165, 1.54) is 59.1 Å². The molecule has 1 saturated heterocycles. The molecular formula is C38H48O5. The van der Waals surface area contributed by atoms with E-state index >= 15 is 0 Å². The molecule has 1 N–H and O–H groups in total. The van der Waals surface area contributed by atoms with Crippen molar-refractivity contribution in [3.63, 3.8) is 0 Å². The Kier molecular flexibility index (Phi) is 13.0. The van der Waals surface area contributed by atoms with E-state index in [1.807, 2.05) is 0 Å². The number of aliphatic hydroxyl groups excluding tert-OH is 1. The number of rotatable bonds is 16. The molecular weight excluding hydrogens is 536 g/mol. The van der Waals surface area contributed by atoms with Crippen LogP contribution in [0.3, 0.4) is 0 Å². The Morgan fingerprint density at radius 1 is 0.884 bits per heavy atom. The van der Waals surface area contributed by atoms with Gasteiger partial charge in [0.25, 0.3) is 0 Å². The van der Waals surface area contributed by atoms with Gasteiger partial charge < -0.3 is 19.3 Å². The van der Waals surface area contributed by atoms with Crippen molar-refractivity contribution in [2.45, 2.75) is 70.3 Å². The second kappa shape index (κ2) is 17.1. The Hall–Kier alpha value is -3.25. The molecule has 1 fully saturated rings. The fourth-order valence-corrected chi connectivity index (χ4v) is 5.75. The smallest absolute Gasteiger partial charge is 0.335 e. The van der Waals surface area contributed by atoms with Gasteiger partial charge in [-0.25, -0.2) is 4.79 Å². The molecule has 1 heterocycles. The summed E-state index contributed by atoms with van der Waals surface area (Å²) in [6.45, 7) is 6.85. The normalized spacial score (nSPS) is 17.4. The van der Waals surface area contributed by atoms with Gasteiger partial charge >= 0.3 is 5.97 Å². The van der Waals surface area contributed by atoms with Gasteiger partial charge in [0.1, 0.15) is 0 Å². The Bertz CT molecular complexity index is 1260. The summed E-state index contributed by atoms with van der Waals surface area (Å²) in [5, 5.41) is 9.05. The van der Waals surface area contributed by atoms with Crippen molar-refractivity contribution in [3.8, 4) is 11.1 Å². The van der Waals surface area contributed by atoms with Crippen molar-refractivity contribution >= 4 is 5.97 Å². The number of carbonyl (C=O) groups excluding carboxylic acids is 1. The number of esters is 1. The Labute approximate surface area is 257 Å². The molecule has 0 saturated carbocycles. The van der Waals surface area contributed by atoms with E-state index in [0.717, 1.165) is 32.3 Å². The molecule has 0 spiro atoms. The van der Waals surface area contributed by atoms with Gasteiger partial charge in [-0.1, -0.05) is 99.1 Å². The van der Waals surface area contributed by atoms with E-state index in [0.29, 0.717) is 12.5 Å². The van der Waals surface area contributed by atoms with Crippen LogP contribution in [0, 0.1) is 5.92 Å². The lowest BCUT2D eigenvalue weighted by atomic mass is 9.88. The quantitative estimate of drug-likeness (QED) is 0.105. The second-order valence-electron chi connectivity index (χ2n) is 11.8. The summed E-state index contributed by atoms with van der Waals surface area (Å²) < 4.78 is 17.0. The zero-order valence-electron chi connectivity index (χ0n) is 25.9. The first-order valence-corrected chi connectivity index (χ1v) is 15.8. The van der Waals surface area contributed by atoms with Gasteiger partial charge in [-0.15, -0.1) is 0 Å². The fourth-order valence-electron chi connectivity index (χ4n) is 5.75. The lowest BCUT2D eigenvalue weighted by molar-refractivity contribution is -0.141. The summed E-state index contributed by atoms with van der Waals surface area (Å²) in [6, 6.07) is 26.8. The second-order valence-corrected chi connectivity index (χ2v) is 11.8. The first kappa shape index (κ1) is 32.7. The summed E-state index contributed by atoms with van der Waals surface area (Å²) in [5.74, 6) is -0.0566. The molecule has 5 heteroatoms. The van der Waals surface area contributed by atoms with Crippen molar-refractivity contribution < 1.29 is 24.1 Å². The van der Waals surface area contributed by atoms with E-state index in [1.54, 1.807) is 7.11 Å². The molecule has 43 heavy (non-hydrogen) atoms. The summed E-state index contributed by atoms with van der Waals surface area (Å²) in [6.07, 6.45) is 8.92. The van der Waals surface area contributed by atoms with Crippen molar-refractivity contribution in [2.24, 2.45) is 5.92 Å². The predicted octanol–water partition coefficient (Wildman–Crippen LogP) is 8.01. The number of methoxy groups -OCH3 is 1. The number of benzene rings is 3. The number of hydrogen-bond donors (Lipinski definition) is 1. The largest absolute Gasteiger partial charge is 0.462 e. The van der Waals surface area contributed by atoms with Crippen LogP contribution in [0.2, 0.25) is 0 Å². The van der Waals surface area contributed by atoms with Gasteiger partial charge in [-0.2, -0.15) is 0 Å². The van der Waals surface area contributed by atoms with Gasteiger partial charge in [-0.3, -0.25) is 0 Å². The van der Waals surface area contributed by atoms with Crippen LogP contribution in [0.25, 0.3) is 11.1 Å². The van der Waals surface area contributed by atoms with Crippen LogP contribution in [0.1, 0.15) is 79.7 Å². The van der Waals surface area contributed by atoms with Crippen LogP contribution in [-0.4, -0.2) is 44.6 Å². The minimum Gasteiger partial charge on any atom is -0.462 e. The highest BCUT2D eigenvalue weighted by Crippen LogP contribution is 2.36. The highest BCUT2D eigenvalue weighted by atomic mass is 16.5. The highest BCUT2D eigenvalue weighted by Gasteiger charge is 2.24. The number of aryl methyl sites for hydroxylation is 2. The number of aliphatic hydroxyl groups is 1. The van der Waals surface area contributed by atoms with Gasteiger partial charge in [0, 0.05) is 18.9 Å². The molecule has 3 aromatic rings. The van der Waals surface area contributed by atoms with Crippen LogP contribution < -0.4 is 0 Å². The van der Waals surface area contributed by atoms with E-state index in [-0.39, 0.29) is 24.2 Å². The van der Waals surface area contributed by atoms with Gasteiger partial charge in [0.2, 0.25) is 0 Å². The maximum atomic E-state index is 11.8. The van der Waals surface area contributed by atoms with Gasteiger partial charge in [0.15, 0.2) is 0 Å². The van der Waals surface area contributed by atoms with Crippen LogP contribution in [0.15, 0.2) is 84.9 Å².